The molecule has 2 rings (SSSR count). The van der Waals surface area contributed by atoms with Crippen molar-refractivity contribution in [2.75, 3.05) is 12.4 Å². The second-order valence-corrected chi connectivity index (χ2v) is 4.10. The van der Waals surface area contributed by atoms with E-state index in [9.17, 15) is 9.59 Å². The average molecular weight is 261 g/mol. The molecule has 1 heterocycles. The van der Waals surface area contributed by atoms with Crippen LogP contribution in [-0.4, -0.2) is 22.2 Å². The van der Waals surface area contributed by atoms with Gasteiger partial charge in [-0.1, -0.05) is 0 Å². The molecule has 0 aliphatic carbocycles. The molecular weight excluding hydrogens is 246 g/mol. The molecule has 6 nitrogen and oxygen atoms in total. The van der Waals surface area contributed by atoms with Crippen LogP contribution in [0.1, 0.15) is 0 Å². The first-order chi connectivity index (χ1) is 9.10. The van der Waals surface area contributed by atoms with E-state index in [2.05, 4.69) is 5.32 Å². The fourth-order valence-corrected chi connectivity index (χ4v) is 1.66. The summed E-state index contributed by atoms with van der Waals surface area (Å²) in [6, 6.07) is 6.99. The molecule has 0 saturated heterocycles. The van der Waals surface area contributed by atoms with E-state index < -0.39 is 0 Å². The van der Waals surface area contributed by atoms with Crippen LogP contribution in [0.4, 0.5) is 5.69 Å². The zero-order valence-electron chi connectivity index (χ0n) is 10.8. The Morgan fingerprint density at radius 1 is 1.26 bits per heavy atom. The number of amides is 1. The molecule has 2 aromatic rings. The number of anilines is 1. The quantitative estimate of drug-likeness (QED) is 0.886. The normalized spacial score (nSPS) is 10.2. The summed E-state index contributed by atoms with van der Waals surface area (Å²) in [5.74, 6) is 0.468. The van der Waals surface area contributed by atoms with Crippen molar-refractivity contribution >= 4 is 11.6 Å². The highest BCUT2D eigenvalue weighted by Gasteiger charge is 2.06. The molecule has 1 aromatic carbocycles. The molecule has 0 saturated carbocycles. The second kappa shape index (κ2) is 5.43. The van der Waals surface area contributed by atoms with Crippen molar-refractivity contribution < 1.29 is 9.53 Å². The van der Waals surface area contributed by atoms with E-state index in [1.165, 1.54) is 9.13 Å². The number of rotatable bonds is 4. The smallest absolute Gasteiger partial charge is 0.328 e. The van der Waals surface area contributed by atoms with Crippen LogP contribution >= 0.6 is 0 Å². The maximum atomic E-state index is 11.8. The number of aromatic nitrogens is 2. The highest BCUT2D eigenvalue weighted by molar-refractivity contribution is 5.90. The topological polar surface area (TPSA) is 65.3 Å². The van der Waals surface area contributed by atoms with Crippen molar-refractivity contribution in [1.29, 1.82) is 0 Å². The van der Waals surface area contributed by atoms with Gasteiger partial charge in [0.15, 0.2) is 0 Å². The second-order valence-electron chi connectivity index (χ2n) is 4.10. The number of carbonyl (C=O) groups is 1. The van der Waals surface area contributed by atoms with Crippen molar-refractivity contribution in [3.05, 3.63) is 47.1 Å². The largest absolute Gasteiger partial charge is 0.497 e. The molecule has 0 unspecified atom stereocenters. The number of aryl methyl sites for hydroxylation is 1. The van der Waals surface area contributed by atoms with Crippen LogP contribution in [0.25, 0.3) is 0 Å². The highest BCUT2D eigenvalue weighted by atomic mass is 16.5. The lowest BCUT2D eigenvalue weighted by molar-refractivity contribution is -0.116. The summed E-state index contributed by atoms with van der Waals surface area (Å²) in [7, 11) is 3.22. The zero-order chi connectivity index (χ0) is 13.8. The number of hydrogen-bond donors (Lipinski definition) is 1. The van der Waals surface area contributed by atoms with Gasteiger partial charge in [-0.2, -0.15) is 0 Å². The van der Waals surface area contributed by atoms with Gasteiger partial charge in [-0.05, 0) is 24.3 Å². The van der Waals surface area contributed by atoms with E-state index >= 15 is 0 Å². The number of imidazole rings is 1. The van der Waals surface area contributed by atoms with E-state index in [4.69, 9.17) is 4.74 Å². The number of methoxy groups -OCH3 is 1. The van der Waals surface area contributed by atoms with Crippen molar-refractivity contribution in [2.45, 2.75) is 6.54 Å². The predicted molar refractivity (Wildman–Crippen MR) is 71.3 cm³/mol. The number of benzene rings is 1. The van der Waals surface area contributed by atoms with E-state index in [1.54, 1.807) is 50.8 Å². The lowest BCUT2D eigenvalue weighted by Gasteiger charge is -2.06. The standard InChI is InChI=1S/C13H15N3O3/c1-15-7-8-16(13(15)18)9-12(17)14-10-3-5-11(19-2)6-4-10/h3-8H,9H2,1-2H3,(H,14,17). The Kier molecular flexibility index (Phi) is 3.70. The molecule has 0 spiro atoms. The van der Waals surface area contributed by atoms with Crippen LogP contribution < -0.4 is 15.7 Å². The number of ether oxygens (including phenoxy) is 1. The van der Waals surface area contributed by atoms with Crippen molar-refractivity contribution in [2.24, 2.45) is 7.05 Å². The molecule has 100 valence electrons. The Bertz CT molecular complexity index is 625. The van der Waals surface area contributed by atoms with Crippen LogP contribution in [0.15, 0.2) is 41.5 Å². The molecule has 6 heteroatoms. The molecule has 1 aromatic heterocycles. The van der Waals surface area contributed by atoms with Gasteiger partial charge >= 0.3 is 5.69 Å². The lowest BCUT2D eigenvalue weighted by Crippen LogP contribution is -2.28. The van der Waals surface area contributed by atoms with Crippen LogP contribution in [0.3, 0.4) is 0 Å². The summed E-state index contributed by atoms with van der Waals surface area (Å²) >= 11 is 0. The molecule has 0 atom stereocenters. The van der Waals surface area contributed by atoms with Crippen molar-refractivity contribution in [1.82, 2.24) is 9.13 Å². The third kappa shape index (κ3) is 3.04. The Labute approximate surface area is 110 Å². The molecule has 1 N–H and O–H groups in total. The Morgan fingerprint density at radius 2 is 1.95 bits per heavy atom. The van der Waals surface area contributed by atoms with E-state index in [1.807, 2.05) is 0 Å². The van der Waals surface area contributed by atoms with Crippen LogP contribution in [0.2, 0.25) is 0 Å². The van der Waals surface area contributed by atoms with Gasteiger partial charge in [-0.3, -0.25) is 9.36 Å². The highest BCUT2D eigenvalue weighted by Crippen LogP contribution is 2.14. The molecule has 0 radical (unpaired) electrons. The molecule has 0 bridgehead atoms. The minimum atomic E-state index is -0.251. The SMILES string of the molecule is COc1ccc(NC(=O)Cn2ccn(C)c2=O)cc1. The van der Waals surface area contributed by atoms with Crippen molar-refractivity contribution in [3.8, 4) is 5.75 Å². The molecule has 19 heavy (non-hydrogen) atoms. The average Bonchev–Trinajstić information content (AvgIpc) is 2.71. The van der Waals surface area contributed by atoms with E-state index in [0.29, 0.717) is 5.69 Å². The van der Waals surface area contributed by atoms with Gasteiger partial charge in [-0.15, -0.1) is 0 Å². The van der Waals surface area contributed by atoms with Gasteiger partial charge in [0, 0.05) is 25.1 Å². The summed E-state index contributed by atoms with van der Waals surface area (Å²) in [4.78, 5) is 23.4. The molecule has 0 aliphatic rings. The summed E-state index contributed by atoms with van der Waals surface area (Å²) in [5, 5.41) is 2.71. The first-order valence-corrected chi connectivity index (χ1v) is 5.76. The maximum Gasteiger partial charge on any atom is 0.328 e. The molecule has 0 fully saturated rings. The Hall–Kier alpha value is -2.50. The van der Waals surface area contributed by atoms with E-state index in [0.717, 1.165) is 5.75 Å². The van der Waals surface area contributed by atoms with Crippen molar-refractivity contribution in [3.63, 3.8) is 0 Å². The lowest BCUT2D eigenvalue weighted by atomic mass is 10.3. The fraction of sp³-hybridized carbons (Fsp3) is 0.231. The molecule has 0 aliphatic heterocycles. The summed E-state index contributed by atoms with van der Waals surface area (Å²) in [6.45, 7) is -0.00823. The van der Waals surface area contributed by atoms with Gasteiger partial charge < -0.3 is 14.6 Å². The van der Waals surface area contributed by atoms with Gasteiger partial charge in [0.2, 0.25) is 5.91 Å². The van der Waals surface area contributed by atoms with Gasteiger partial charge in [0.1, 0.15) is 12.3 Å². The molecule has 1 amide bonds. The van der Waals surface area contributed by atoms with Crippen LogP contribution in [0, 0.1) is 0 Å². The predicted octanol–water partition coefficient (Wildman–Crippen LogP) is 0.834. The van der Waals surface area contributed by atoms with Gasteiger partial charge in [0.25, 0.3) is 0 Å². The third-order valence-electron chi connectivity index (χ3n) is 2.71. The molecular formula is C13H15N3O3. The first kappa shape index (κ1) is 12.9. The number of carbonyl (C=O) groups excluding carboxylic acids is 1. The Morgan fingerprint density at radius 3 is 2.47 bits per heavy atom. The van der Waals surface area contributed by atoms with Gasteiger partial charge in [-0.25, -0.2) is 4.79 Å². The minimum Gasteiger partial charge on any atom is -0.497 e. The number of nitrogens with zero attached hydrogens (tertiary/aromatic N) is 2. The van der Waals surface area contributed by atoms with Gasteiger partial charge in [0.05, 0.1) is 7.11 Å². The fourth-order valence-electron chi connectivity index (χ4n) is 1.66. The summed E-state index contributed by atoms with van der Waals surface area (Å²) < 4.78 is 7.79. The number of hydrogen-bond acceptors (Lipinski definition) is 3. The number of nitrogens with one attached hydrogen (secondary N) is 1. The van der Waals surface area contributed by atoms with Crippen LogP contribution in [-0.2, 0) is 18.4 Å². The first-order valence-electron chi connectivity index (χ1n) is 5.76. The maximum absolute atomic E-state index is 11.8. The monoisotopic (exact) mass is 261 g/mol. The Balaban J connectivity index is 2.01. The van der Waals surface area contributed by atoms with E-state index in [-0.39, 0.29) is 18.1 Å². The van der Waals surface area contributed by atoms with Crippen LogP contribution in [0.5, 0.6) is 5.75 Å². The zero-order valence-corrected chi connectivity index (χ0v) is 10.8. The minimum absolute atomic E-state index is 0.00823. The summed E-state index contributed by atoms with van der Waals surface area (Å²) in [6.07, 6.45) is 3.19. The third-order valence-corrected chi connectivity index (χ3v) is 2.71. The summed E-state index contributed by atoms with van der Waals surface area (Å²) in [5.41, 5.74) is 0.444.